The summed E-state index contributed by atoms with van der Waals surface area (Å²) in [6.45, 7) is 2.45. The van der Waals surface area contributed by atoms with Crippen LogP contribution in [0.15, 0.2) is 18.5 Å². The van der Waals surface area contributed by atoms with E-state index in [-0.39, 0.29) is 6.04 Å². The molecule has 0 aliphatic rings. The lowest BCUT2D eigenvalue weighted by Crippen LogP contribution is -2.20. The van der Waals surface area contributed by atoms with Gasteiger partial charge in [0.15, 0.2) is 0 Å². The number of nitrogens with two attached hydrogens (primary N) is 2. The molecule has 4 N–H and O–H groups in total. The molecule has 1 heterocycles. The zero-order chi connectivity index (χ0) is 8.27. The molecular formula is C8H13N3. The first-order valence-corrected chi connectivity index (χ1v) is 3.61. The van der Waals surface area contributed by atoms with Crippen molar-refractivity contribution in [1.29, 1.82) is 0 Å². The van der Waals surface area contributed by atoms with Crippen LogP contribution in [0.2, 0.25) is 0 Å². The van der Waals surface area contributed by atoms with Gasteiger partial charge in [-0.05, 0) is 18.1 Å². The minimum Gasteiger partial charge on any atom is -0.329 e. The topological polar surface area (TPSA) is 64.9 Å². The Labute approximate surface area is 66.4 Å². The van der Waals surface area contributed by atoms with Crippen LogP contribution in [-0.4, -0.2) is 11.5 Å². The Morgan fingerprint density at radius 2 is 2.27 bits per heavy atom. The van der Waals surface area contributed by atoms with Crippen LogP contribution < -0.4 is 11.5 Å². The van der Waals surface area contributed by atoms with E-state index in [1.807, 2.05) is 13.0 Å². The van der Waals surface area contributed by atoms with Crippen LogP contribution in [0.1, 0.15) is 17.2 Å². The zero-order valence-electron chi connectivity index (χ0n) is 6.62. The number of nitrogens with zero attached hydrogens (tertiary/aromatic N) is 1. The molecular weight excluding hydrogens is 138 g/mol. The summed E-state index contributed by atoms with van der Waals surface area (Å²) in [5.74, 6) is 0. The number of hydrogen-bond acceptors (Lipinski definition) is 3. The van der Waals surface area contributed by atoms with Crippen molar-refractivity contribution in [1.82, 2.24) is 4.98 Å². The molecule has 0 amide bonds. The van der Waals surface area contributed by atoms with E-state index in [0.29, 0.717) is 6.54 Å². The summed E-state index contributed by atoms with van der Waals surface area (Å²) in [6.07, 6.45) is 3.55. The molecule has 0 aliphatic heterocycles. The van der Waals surface area contributed by atoms with Gasteiger partial charge in [0, 0.05) is 25.0 Å². The number of pyridine rings is 1. The molecule has 3 heteroatoms. The minimum atomic E-state index is -0.0811. The van der Waals surface area contributed by atoms with E-state index >= 15 is 0 Å². The SMILES string of the molecule is Cc1cncc([C@@H](N)CN)c1. The zero-order valence-corrected chi connectivity index (χ0v) is 6.62. The van der Waals surface area contributed by atoms with Gasteiger partial charge in [0.25, 0.3) is 0 Å². The molecule has 3 nitrogen and oxygen atoms in total. The second-order valence-corrected chi connectivity index (χ2v) is 2.64. The van der Waals surface area contributed by atoms with E-state index in [1.54, 1.807) is 12.4 Å². The van der Waals surface area contributed by atoms with Gasteiger partial charge in [-0.3, -0.25) is 4.98 Å². The van der Waals surface area contributed by atoms with Crippen LogP contribution in [0.3, 0.4) is 0 Å². The van der Waals surface area contributed by atoms with Gasteiger partial charge in [-0.1, -0.05) is 6.07 Å². The third kappa shape index (κ3) is 2.00. The monoisotopic (exact) mass is 151 g/mol. The van der Waals surface area contributed by atoms with Crippen LogP contribution in [0.5, 0.6) is 0 Å². The van der Waals surface area contributed by atoms with Gasteiger partial charge >= 0.3 is 0 Å². The van der Waals surface area contributed by atoms with Crippen molar-refractivity contribution in [3.05, 3.63) is 29.6 Å². The van der Waals surface area contributed by atoms with E-state index in [9.17, 15) is 0 Å². The van der Waals surface area contributed by atoms with Crippen LogP contribution in [0, 0.1) is 6.92 Å². The highest BCUT2D eigenvalue weighted by Gasteiger charge is 2.02. The molecule has 0 aromatic carbocycles. The standard InChI is InChI=1S/C8H13N3/c1-6-2-7(5-11-4-6)8(10)3-9/h2,4-5,8H,3,9-10H2,1H3/t8-/m0/s1. The van der Waals surface area contributed by atoms with Gasteiger partial charge in [0.05, 0.1) is 0 Å². The molecule has 1 atom stereocenters. The Morgan fingerprint density at radius 1 is 1.55 bits per heavy atom. The summed E-state index contributed by atoms with van der Waals surface area (Å²) in [4.78, 5) is 4.02. The van der Waals surface area contributed by atoms with Gasteiger partial charge < -0.3 is 11.5 Å². The molecule has 1 rings (SSSR count). The van der Waals surface area contributed by atoms with E-state index in [4.69, 9.17) is 11.5 Å². The van der Waals surface area contributed by atoms with Gasteiger partial charge in [-0.2, -0.15) is 0 Å². The first-order chi connectivity index (χ1) is 5.24. The average Bonchev–Trinajstić information content (AvgIpc) is 2.03. The second kappa shape index (κ2) is 3.46. The van der Waals surface area contributed by atoms with Crippen LogP contribution in [-0.2, 0) is 0 Å². The normalized spacial score (nSPS) is 13.0. The molecule has 1 aromatic heterocycles. The fourth-order valence-corrected chi connectivity index (χ4v) is 0.917. The molecule has 0 saturated heterocycles. The molecule has 0 unspecified atom stereocenters. The Hall–Kier alpha value is -0.930. The van der Waals surface area contributed by atoms with Gasteiger partial charge in [0.1, 0.15) is 0 Å². The fourth-order valence-electron chi connectivity index (χ4n) is 0.917. The van der Waals surface area contributed by atoms with Crippen molar-refractivity contribution in [3.8, 4) is 0 Å². The lowest BCUT2D eigenvalue weighted by Gasteiger charge is -2.07. The Kier molecular flexibility index (Phi) is 2.57. The molecule has 60 valence electrons. The van der Waals surface area contributed by atoms with Gasteiger partial charge in [-0.15, -0.1) is 0 Å². The number of rotatable bonds is 2. The lowest BCUT2D eigenvalue weighted by molar-refractivity contribution is 0.732. The first kappa shape index (κ1) is 8.17. The van der Waals surface area contributed by atoms with Crippen molar-refractivity contribution < 1.29 is 0 Å². The highest BCUT2D eigenvalue weighted by atomic mass is 14.7. The van der Waals surface area contributed by atoms with Crippen molar-refractivity contribution in [2.45, 2.75) is 13.0 Å². The summed E-state index contributed by atoms with van der Waals surface area (Å²) in [5.41, 5.74) is 13.2. The van der Waals surface area contributed by atoms with E-state index in [2.05, 4.69) is 4.98 Å². The summed E-state index contributed by atoms with van der Waals surface area (Å²) in [5, 5.41) is 0. The number of aromatic nitrogens is 1. The molecule has 11 heavy (non-hydrogen) atoms. The van der Waals surface area contributed by atoms with Crippen molar-refractivity contribution in [2.75, 3.05) is 6.54 Å². The second-order valence-electron chi connectivity index (χ2n) is 2.64. The summed E-state index contributed by atoms with van der Waals surface area (Å²) in [7, 11) is 0. The summed E-state index contributed by atoms with van der Waals surface area (Å²) < 4.78 is 0. The van der Waals surface area contributed by atoms with Gasteiger partial charge in [-0.25, -0.2) is 0 Å². The quantitative estimate of drug-likeness (QED) is 0.641. The van der Waals surface area contributed by atoms with Gasteiger partial charge in [0.2, 0.25) is 0 Å². The predicted octanol–water partition coefficient (Wildman–Crippen LogP) is 0.349. The number of hydrogen-bond donors (Lipinski definition) is 2. The fraction of sp³-hybridized carbons (Fsp3) is 0.375. The van der Waals surface area contributed by atoms with Crippen molar-refractivity contribution in [3.63, 3.8) is 0 Å². The Balaban J connectivity index is 2.86. The highest BCUT2D eigenvalue weighted by Crippen LogP contribution is 2.08. The maximum Gasteiger partial charge on any atom is 0.0434 e. The minimum absolute atomic E-state index is 0.0811. The van der Waals surface area contributed by atoms with E-state index < -0.39 is 0 Å². The molecule has 0 aliphatic carbocycles. The molecule has 0 spiro atoms. The summed E-state index contributed by atoms with van der Waals surface area (Å²) in [6, 6.07) is 1.92. The smallest absolute Gasteiger partial charge is 0.0434 e. The van der Waals surface area contributed by atoms with Crippen LogP contribution in [0.4, 0.5) is 0 Å². The molecule has 0 radical (unpaired) electrons. The van der Waals surface area contributed by atoms with Crippen molar-refractivity contribution >= 4 is 0 Å². The van der Waals surface area contributed by atoms with E-state index in [0.717, 1.165) is 11.1 Å². The maximum atomic E-state index is 5.70. The molecule has 0 bridgehead atoms. The Morgan fingerprint density at radius 3 is 2.82 bits per heavy atom. The first-order valence-electron chi connectivity index (χ1n) is 3.61. The van der Waals surface area contributed by atoms with Crippen molar-refractivity contribution in [2.24, 2.45) is 11.5 Å². The number of aryl methyl sites for hydroxylation is 1. The average molecular weight is 151 g/mol. The Bertz CT molecular complexity index is 235. The maximum absolute atomic E-state index is 5.70. The van der Waals surface area contributed by atoms with Crippen LogP contribution in [0.25, 0.3) is 0 Å². The largest absolute Gasteiger partial charge is 0.329 e. The molecule has 1 aromatic rings. The highest BCUT2D eigenvalue weighted by molar-refractivity contribution is 5.19. The molecule has 0 saturated carbocycles. The molecule has 0 fully saturated rings. The predicted molar refractivity (Wildman–Crippen MR) is 45.0 cm³/mol. The third-order valence-electron chi connectivity index (χ3n) is 1.58. The summed E-state index contributed by atoms with van der Waals surface area (Å²) >= 11 is 0. The third-order valence-corrected chi connectivity index (χ3v) is 1.58. The van der Waals surface area contributed by atoms with E-state index in [1.165, 1.54) is 0 Å². The lowest BCUT2D eigenvalue weighted by atomic mass is 10.1. The van der Waals surface area contributed by atoms with Crippen LogP contribution >= 0.6 is 0 Å².